The van der Waals surface area contributed by atoms with Crippen molar-refractivity contribution in [3.8, 4) is 0 Å². The monoisotopic (exact) mass is 267 g/mol. The number of carboxylic acids is 1. The number of benzene rings is 1. The highest BCUT2D eigenvalue weighted by atomic mass is 35.5. The minimum atomic E-state index is -0.980. The van der Waals surface area contributed by atoms with E-state index in [9.17, 15) is 4.79 Å². The Morgan fingerprint density at radius 1 is 1.39 bits per heavy atom. The molecule has 1 saturated heterocycles. The van der Waals surface area contributed by atoms with Crippen LogP contribution in [-0.2, 0) is 0 Å². The maximum atomic E-state index is 10.9. The average molecular weight is 268 g/mol. The van der Waals surface area contributed by atoms with E-state index in [4.69, 9.17) is 16.7 Å². The smallest absolute Gasteiger partial charge is 0.337 e. The quantitative estimate of drug-likeness (QED) is 0.905. The minimum Gasteiger partial charge on any atom is -0.478 e. The number of rotatable bonds is 4. The molecule has 0 spiro atoms. The first kappa shape index (κ1) is 13.2. The van der Waals surface area contributed by atoms with Crippen LogP contribution < -0.4 is 4.90 Å². The van der Waals surface area contributed by atoms with Crippen molar-refractivity contribution in [2.24, 2.45) is 5.41 Å². The number of halogens is 1. The fourth-order valence-corrected chi connectivity index (χ4v) is 2.77. The van der Waals surface area contributed by atoms with Crippen LogP contribution >= 0.6 is 11.6 Å². The van der Waals surface area contributed by atoms with Gasteiger partial charge in [-0.25, -0.2) is 4.79 Å². The summed E-state index contributed by atoms with van der Waals surface area (Å²) in [5.41, 5.74) is 1.61. The molecule has 3 nitrogen and oxygen atoms in total. The van der Waals surface area contributed by atoms with Gasteiger partial charge in [0.15, 0.2) is 0 Å². The first-order chi connectivity index (χ1) is 8.51. The molecule has 1 N–H and O–H groups in total. The van der Waals surface area contributed by atoms with Crippen LogP contribution in [0.3, 0.4) is 0 Å². The summed E-state index contributed by atoms with van der Waals surface area (Å²) in [5.74, 6) is -0.980. The molecule has 4 heteroatoms. The third-order valence-electron chi connectivity index (χ3n) is 4.10. The molecule has 2 rings (SSSR count). The summed E-state index contributed by atoms with van der Waals surface area (Å²) in [6.45, 7) is 6.51. The highest BCUT2D eigenvalue weighted by Crippen LogP contribution is 2.40. The molecule has 0 amide bonds. The number of anilines is 1. The van der Waals surface area contributed by atoms with Gasteiger partial charge in [0.2, 0.25) is 0 Å². The van der Waals surface area contributed by atoms with E-state index in [1.165, 1.54) is 12.8 Å². The third-order valence-corrected chi connectivity index (χ3v) is 4.41. The fourth-order valence-electron chi connectivity index (χ4n) is 2.52. The average Bonchev–Trinajstić information content (AvgIpc) is 2.28. The van der Waals surface area contributed by atoms with Gasteiger partial charge in [-0.15, -0.1) is 0 Å². The summed E-state index contributed by atoms with van der Waals surface area (Å²) < 4.78 is 0. The summed E-state index contributed by atoms with van der Waals surface area (Å²) in [5, 5.41) is 9.24. The van der Waals surface area contributed by atoms with Crippen LogP contribution in [0.5, 0.6) is 0 Å². The lowest BCUT2D eigenvalue weighted by Crippen LogP contribution is -2.55. The van der Waals surface area contributed by atoms with Gasteiger partial charge >= 0.3 is 5.97 Å². The topological polar surface area (TPSA) is 40.5 Å². The Morgan fingerprint density at radius 3 is 2.44 bits per heavy atom. The number of nitrogens with zero attached hydrogens (tertiary/aromatic N) is 1. The van der Waals surface area contributed by atoms with Crippen molar-refractivity contribution in [2.45, 2.75) is 26.7 Å². The van der Waals surface area contributed by atoms with E-state index < -0.39 is 5.97 Å². The molecule has 98 valence electrons. The van der Waals surface area contributed by atoms with E-state index in [-0.39, 0.29) is 5.56 Å². The van der Waals surface area contributed by atoms with Crippen molar-refractivity contribution >= 4 is 23.3 Å². The lowest BCUT2D eigenvalue weighted by molar-refractivity contribution is 0.0697. The van der Waals surface area contributed by atoms with E-state index in [1.54, 1.807) is 12.1 Å². The third kappa shape index (κ3) is 2.19. The number of hydrogen-bond acceptors (Lipinski definition) is 2. The van der Waals surface area contributed by atoms with Gasteiger partial charge in [0, 0.05) is 24.2 Å². The molecule has 1 aromatic carbocycles. The zero-order valence-electron chi connectivity index (χ0n) is 10.7. The van der Waals surface area contributed by atoms with Crippen LogP contribution in [0, 0.1) is 5.41 Å². The molecule has 1 heterocycles. The van der Waals surface area contributed by atoms with E-state index in [0.29, 0.717) is 10.4 Å². The van der Waals surface area contributed by atoms with Crippen LogP contribution in [0.25, 0.3) is 0 Å². The summed E-state index contributed by atoms with van der Waals surface area (Å²) in [6, 6.07) is 5.17. The number of carbonyl (C=O) groups is 1. The Kier molecular flexibility index (Phi) is 3.53. The molecule has 1 aliphatic heterocycles. The van der Waals surface area contributed by atoms with Crippen molar-refractivity contribution in [2.75, 3.05) is 18.0 Å². The second-order valence-corrected chi connectivity index (χ2v) is 5.44. The molecule has 1 aromatic rings. The Labute approximate surface area is 112 Å². The van der Waals surface area contributed by atoms with Crippen molar-refractivity contribution in [1.82, 2.24) is 0 Å². The van der Waals surface area contributed by atoms with Crippen molar-refractivity contribution in [1.29, 1.82) is 0 Å². The van der Waals surface area contributed by atoms with Crippen LogP contribution in [0.15, 0.2) is 18.2 Å². The summed E-state index contributed by atoms with van der Waals surface area (Å²) in [4.78, 5) is 13.1. The zero-order chi connectivity index (χ0) is 13.3. The predicted octanol–water partition coefficient (Wildman–Crippen LogP) is 3.66. The van der Waals surface area contributed by atoms with E-state index in [0.717, 1.165) is 18.8 Å². The van der Waals surface area contributed by atoms with Gasteiger partial charge in [0.1, 0.15) is 0 Å². The number of carboxylic acid groups (broad SMARTS) is 1. The minimum absolute atomic E-state index is 0.165. The number of hydrogen-bond donors (Lipinski definition) is 1. The van der Waals surface area contributed by atoms with Crippen molar-refractivity contribution in [3.63, 3.8) is 0 Å². The second-order valence-electron chi connectivity index (χ2n) is 5.03. The molecule has 0 saturated carbocycles. The maximum Gasteiger partial charge on any atom is 0.337 e. The second kappa shape index (κ2) is 4.81. The van der Waals surface area contributed by atoms with Crippen LogP contribution in [0.1, 0.15) is 37.0 Å². The molecule has 1 aliphatic rings. The first-order valence-electron chi connectivity index (χ1n) is 6.29. The summed E-state index contributed by atoms with van der Waals surface area (Å²) in [7, 11) is 0. The Balaban J connectivity index is 2.13. The largest absolute Gasteiger partial charge is 0.478 e. The molecule has 18 heavy (non-hydrogen) atoms. The Bertz CT molecular complexity index is 461. The molecule has 0 atom stereocenters. The van der Waals surface area contributed by atoms with Crippen LogP contribution in [-0.4, -0.2) is 24.2 Å². The van der Waals surface area contributed by atoms with Crippen molar-refractivity contribution in [3.05, 3.63) is 28.8 Å². The fraction of sp³-hybridized carbons (Fsp3) is 0.500. The molecular formula is C14H18ClNO2. The first-order valence-corrected chi connectivity index (χ1v) is 6.67. The molecule has 0 bridgehead atoms. The number of aromatic carboxylic acids is 1. The van der Waals surface area contributed by atoms with Gasteiger partial charge in [-0.1, -0.05) is 25.4 Å². The molecular weight excluding hydrogens is 250 g/mol. The highest BCUT2D eigenvalue weighted by molar-refractivity contribution is 6.33. The molecule has 0 unspecified atom stereocenters. The maximum absolute atomic E-state index is 10.9. The van der Waals surface area contributed by atoms with E-state index >= 15 is 0 Å². The van der Waals surface area contributed by atoms with Gasteiger partial charge in [-0.2, -0.15) is 0 Å². The Hall–Kier alpha value is -1.22. The summed E-state index contributed by atoms with van der Waals surface area (Å²) >= 11 is 5.98. The standard InChI is InChI=1S/C14H18ClNO2/c1-3-14(4-2)8-16(9-14)10-5-6-11(13(17)18)12(15)7-10/h5-7H,3-4,8-9H2,1-2H3,(H,17,18). The predicted molar refractivity (Wildman–Crippen MR) is 73.6 cm³/mol. The molecule has 0 radical (unpaired) electrons. The van der Waals surface area contributed by atoms with Crippen molar-refractivity contribution < 1.29 is 9.90 Å². The lowest BCUT2D eigenvalue weighted by Gasteiger charge is -2.51. The van der Waals surface area contributed by atoms with Gasteiger partial charge in [-0.3, -0.25) is 0 Å². The zero-order valence-corrected chi connectivity index (χ0v) is 11.5. The normalized spacial score (nSPS) is 17.4. The lowest BCUT2D eigenvalue weighted by atomic mass is 9.75. The Morgan fingerprint density at radius 2 is 2.00 bits per heavy atom. The van der Waals surface area contributed by atoms with Crippen LogP contribution in [0.2, 0.25) is 5.02 Å². The molecule has 0 aliphatic carbocycles. The van der Waals surface area contributed by atoms with E-state index in [2.05, 4.69) is 18.7 Å². The van der Waals surface area contributed by atoms with Gasteiger partial charge < -0.3 is 10.0 Å². The van der Waals surface area contributed by atoms with Gasteiger partial charge in [0.05, 0.1) is 10.6 Å². The van der Waals surface area contributed by atoms with Crippen LogP contribution in [0.4, 0.5) is 5.69 Å². The molecule has 1 fully saturated rings. The van der Waals surface area contributed by atoms with E-state index in [1.807, 2.05) is 6.07 Å². The van der Waals surface area contributed by atoms with Gasteiger partial charge in [0.25, 0.3) is 0 Å². The highest BCUT2D eigenvalue weighted by Gasteiger charge is 2.39. The summed E-state index contributed by atoms with van der Waals surface area (Å²) in [6.07, 6.45) is 2.36. The molecule has 0 aromatic heterocycles. The SMILES string of the molecule is CCC1(CC)CN(c2ccc(C(=O)O)c(Cl)c2)C1. The van der Waals surface area contributed by atoms with Gasteiger partial charge in [-0.05, 0) is 31.0 Å².